The van der Waals surface area contributed by atoms with Crippen molar-refractivity contribution in [1.82, 2.24) is 14.9 Å². The second kappa shape index (κ2) is 10.2. The van der Waals surface area contributed by atoms with Gasteiger partial charge in [-0.1, -0.05) is 29.8 Å². The highest BCUT2D eigenvalue weighted by molar-refractivity contribution is 6.30. The minimum absolute atomic E-state index is 0.129. The highest BCUT2D eigenvalue weighted by Crippen LogP contribution is 2.20. The standard InChI is InChI=1S/C24H29ClN4O2/c1-27(24(30)22-18-26-23-7-3-2-6-21(22)23)31-17-5-4-12-28-13-15-29(16-14-28)20-10-8-19(25)9-11-20/h2-3,6-11,18,26H,4-5,12-17H2,1H3. The number of nitrogens with zero attached hydrogens (tertiary/aromatic N) is 3. The summed E-state index contributed by atoms with van der Waals surface area (Å²) >= 11 is 5.98. The zero-order chi connectivity index (χ0) is 21.6. The number of hydrogen-bond acceptors (Lipinski definition) is 4. The summed E-state index contributed by atoms with van der Waals surface area (Å²) in [6, 6.07) is 15.9. The van der Waals surface area contributed by atoms with Crippen molar-refractivity contribution < 1.29 is 9.63 Å². The number of benzene rings is 2. The number of halogens is 1. The molecule has 6 nitrogen and oxygen atoms in total. The Labute approximate surface area is 188 Å². The average Bonchev–Trinajstić information content (AvgIpc) is 3.23. The minimum atomic E-state index is -0.129. The summed E-state index contributed by atoms with van der Waals surface area (Å²) in [5.41, 5.74) is 2.83. The number of fused-ring (bicyclic) bond motifs is 1. The molecule has 1 aliphatic heterocycles. The number of hydroxylamine groups is 2. The molecule has 1 N–H and O–H groups in total. The summed E-state index contributed by atoms with van der Waals surface area (Å²) in [5.74, 6) is -0.129. The van der Waals surface area contributed by atoms with Crippen molar-refractivity contribution in [3.8, 4) is 0 Å². The highest BCUT2D eigenvalue weighted by Gasteiger charge is 2.18. The molecular formula is C24H29ClN4O2. The average molecular weight is 441 g/mol. The van der Waals surface area contributed by atoms with Gasteiger partial charge in [0.05, 0.1) is 12.2 Å². The van der Waals surface area contributed by atoms with Gasteiger partial charge >= 0.3 is 0 Å². The highest BCUT2D eigenvalue weighted by atomic mass is 35.5. The molecule has 0 unspecified atom stereocenters. The molecule has 31 heavy (non-hydrogen) atoms. The van der Waals surface area contributed by atoms with E-state index in [1.807, 2.05) is 36.4 Å². The third-order valence-corrected chi connectivity index (χ3v) is 6.08. The number of aromatic amines is 1. The van der Waals surface area contributed by atoms with Crippen LogP contribution < -0.4 is 4.90 Å². The number of piperazine rings is 1. The molecule has 4 rings (SSSR count). The number of anilines is 1. The fourth-order valence-electron chi connectivity index (χ4n) is 4.00. The Kier molecular flexibility index (Phi) is 7.12. The molecule has 0 bridgehead atoms. The van der Waals surface area contributed by atoms with Crippen molar-refractivity contribution in [3.05, 3.63) is 65.3 Å². The molecule has 1 saturated heterocycles. The Morgan fingerprint density at radius 1 is 1.06 bits per heavy atom. The Morgan fingerprint density at radius 2 is 1.81 bits per heavy atom. The van der Waals surface area contributed by atoms with Crippen LogP contribution in [0.25, 0.3) is 10.9 Å². The van der Waals surface area contributed by atoms with Gasteiger partial charge in [0, 0.05) is 61.0 Å². The number of amides is 1. The van der Waals surface area contributed by atoms with E-state index < -0.39 is 0 Å². The van der Waals surface area contributed by atoms with Gasteiger partial charge < -0.3 is 9.88 Å². The quantitative estimate of drug-likeness (QED) is 0.416. The van der Waals surface area contributed by atoms with Gasteiger partial charge in [-0.05, 0) is 49.7 Å². The third-order valence-electron chi connectivity index (χ3n) is 5.82. The van der Waals surface area contributed by atoms with Crippen molar-refractivity contribution in [1.29, 1.82) is 0 Å². The van der Waals surface area contributed by atoms with E-state index in [1.54, 1.807) is 13.2 Å². The first-order valence-electron chi connectivity index (χ1n) is 10.8. The van der Waals surface area contributed by atoms with Crippen LogP contribution in [0.2, 0.25) is 5.02 Å². The van der Waals surface area contributed by atoms with Crippen LogP contribution in [0, 0.1) is 0 Å². The Morgan fingerprint density at radius 3 is 2.58 bits per heavy atom. The van der Waals surface area contributed by atoms with E-state index in [-0.39, 0.29) is 5.91 Å². The molecule has 2 aromatic carbocycles. The van der Waals surface area contributed by atoms with Crippen molar-refractivity contribution >= 4 is 34.1 Å². The molecule has 2 heterocycles. The lowest BCUT2D eigenvalue weighted by Crippen LogP contribution is -2.46. The molecular weight excluding hydrogens is 412 g/mol. The Hall–Kier alpha value is -2.54. The van der Waals surface area contributed by atoms with E-state index in [1.165, 1.54) is 10.8 Å². The summed E-state index contributed by atoms with van der Waals surface area (Å²) in [5, 5.41) is 3.04. The number of hydrogen-bond donors (Lipinski definition) is 1. The first-order valence-corrected chi connectivity index (χ1v) is 11.2. The van der Waals surface area contributed by atoms with Crippen LogP contribution in [0.15, 0.2) is 54.7 Å². The second-order valence-corrected chi connectivity index (χ2v) is 8.33. The first-order chi connectivity index (χ1) is 15.1. The van der Waals surface area contributed by atoms with Gasteiger partial charge in [-0.15, -0.1) is 0 Å². The van der Waals surface area contributed by atoms with Gasteiger partial charge in [0.15, 0.2) is 0 Å². The molecule has 164 valence electrons. The van der Waals surface area contributed by atoms with Crippen molar-refractivity contribution in [2.75, 3.05) is 51.3 Å². The van der Waals surface area contributed by atoms with Crippen LogP contribution in [0.1, 0.15) is 23.2 Å². The van der Waals surface area contributed by atoms with Crippen LogP contribution in [0.5, 0.6) is 0 Å². The predicted octanol–water partition coefficient (Wildman–Crippen LogP) is 4.43. The van der Waals surface area contributed by atoms with E-state index >= 15 is 0 Å². The Balaban J connectivity index is 1.14. The minimum Gasteiger partial charge on any atom is -0.369 e. The molecule has 1 fully saturated rings. The molecule has 1 aromatic heterocycles. The number of nitrogens with one attached hydrogen (secondary N) is 1. The maximum atomic E-state index is 12.7. The zero-order valence-corrected chi connectivity index (χ0v) is 18.6. The van der Waals surface area contributed by atoms with Crippen molar-refractivity contribution in [2.24, 2.45) is 0 Å². The maximum Gasteiger partial charge on any atom is 0.279 e. The first kappa shape index (κ1) is 21.7. The maximum absolute atomic E-state index is 12.7. The van der Waals surface area contributed by atoms with Gasteiger partial charge in [0.25, 0.3) is 5.91 Å². The van der Waals surface area contributed by atoms with E-state index in [4.69, 9.17) is 16.4 Å². The number of carbonyl (C=O) groups excluding carboxylic acids is 1. The lowest BCUT2D eigenvalue weighted by molar-refractivity contribution is -0.106. The predicted molar refractivity (Wildman–Crippen MR) is 126 cm³/mol. The van der Waals surface area contributed by atoms with Gasteiger partial charge in [-0.3, -0.25) is 14.5 Å². The molecule has 1 amide bonds. The molecule has 0 aliphatic carbocycles. The fourth-order valence-corrected chi connectivity index (χ4v) is 4.12. The summed E-state index contributed by atoms with van der Waals surface area (Å²) in [6.45, 7) is 5.76. The number of unbranched alkanes of at least 4 members (excludes halogenated alkanes) is 1. The number of aromatic nitrogens is 1. The van der Waals surface area contributed by atoms with Crippen LogP contribution in [0.3, 0.4) is 0 Å². The van der Waals surface area contributed by atoms with Crippen LogP contribution in [-0.4, -0.2) is 67.2 Å². The summed E-state index contributed by atoms with van der Waals surface area (Å²) in [6.07, 6.45) is 3.72. The number of rotatable bonds is 8. The van der Waals surface area contributed by atoms with E-state index in [9.17, 15) is 4.79 Å². The molecule has 0 spiro atoms. The van der Waals surface area contributed by atoms with Gasteiger partial charge in [-0.2, -0.15) is 0 Å². The monoisotopic (exact) mass is 440 g/mol. The topological polar surface area (TPSA) is 51.8 Å². The van der Waals surface area contributed by atoms with Gasteiger partial charge in [0.1, 0.15) is 0 Å². The smallest absolute Gasteiger partial charge is 0.279 e. The number of H-pyrrole nitrogens is 1. The molecule has 3 aromatic rings. The summed E-state index contributed by atoms with van der Waals surface area (Å²) < 4.78 is 0. The molecule has 0 radical (unpaired) electrons. The van der Waals surface area contributed by atoms with E-state index in [0.29, 0.717) is 12.2 Å². The van der Waals surface area contributed by atoms with Crippen molar-refractivity contribution in [3.63, 3.8) is 0 Å². The Bertz CT molecular complexity index is 996. The normalized spacial score (nSPS) is 14.8. The van der Waals surface area contributed by atoms with Crippen LogP contribution >= 0.6 is 11.6 Å². The largest absolute Gasteiger partial charge is 0.369 e. The number of para-hydroxylation sites is 1. The van der Waals surface area contributed by atoms with Crippen LogP contribution in [0.4, 0.5) is 5.69 Å². The van der Waals surface area contributed by atoms with E-state index in [2.05, 4.69) is 26.9 Å². The van der Waals surface area contributed by atoms with E-state index in [0.717, 1.165) is 61.5 Å². The molecule has 7 heteroatoms. The number of carbonyl (C=O) groups is 1. The molecule has 0 atom stereocenters. The lowest BCUT2D eigenvalue weighted by Gasteiger charge is -2.36. The SMILES string of the molecule is CN(OCCCCN1CCN(c2ccc(Cl)cc2)CC1)C(=O)c1c[nH]c2ccccc12. The lowest BCUT2D eigenvalue weighted by atomic mass is 10.1. The summed E-state index contributed by atoms with van der Waals surface area (Å²) in [4.78, 5) is 26.4. The van der Waals surface area contributed by atoms with Gasteiger partial charge in [0.2, 0.25) is 0 Å². The van der Waals surface area contributed by atoms with Gasteiger partial charge in [-0.25, -0.2) is 5.06 Å². The summed E-state index contributed by atoms with van der Waals surface area (Å²) in [7, 11) is 1.68. The molecule has 1 aliphatic rings. The van der Waals surface area contributed by atoms with Crippen molar-refractivity contribution in [2.45, 2.75) is 12.8 Å². The molecule has 0 saturated carbocycles. The second-order valence-electron chi connectivity index (χ2n) is 7.90. The zero-order valence-electron chi connectivity index (χ0n) is 17.9. The third kappa shape index (κ3) is 5.39. The fraction of sp³-hybridized carbons (Fsp3) is 0.375. The van der Waals surface area contributed by atoms with Crippen LogP contribution in [-0.2, 0) is 4.84 Å².